The molecule has 7 nitrogen and oxygen atoms in total. The first-order valence-corrected chi connectivity index (χ1v) is 11.7. The molecule has 1 aromatic heterocycles. The average molecular weight is 496 g/mol. The Kier molecular flexibility index (Phi) is 7.47. The van der Waals surface area contributed by atoms with Crippen LogP contribution in [0.5, 0.6) is 0 Å². The third-order valence-corrected chi connectivity index (χ3v) is 7.38. The molecule has 0 saturated carbocycles. The van der Waals surface area contributed by atoms with Crippen LogP contribution in [0.15, 0.2) is 46.5 Å². The quantitative estimate of drug-likeness (QED) is 0.617. The Morgan fingerprint density at radius 1 is 1.23 bits per heavy atom. The van der Waals surface area contributed by atoms with Crippen molar-refractivity contribution in [3.05, 3.63) is 47.1 Å². The number of pyridine rings is 1. The summed E-state index contributed by atoms with van der Waals surface area (Å²) in [5.41, 5.74) is -1.08. The largest absolute Gasteiger partial charge is 0.417 e. The van der Waals surface area contributed by atoms with Crippen molar-refractivity contribution in [2.24, 2.45) is 0 Å². The molecule has 1 amide bonds. The van der Waals surface area contributed by atoms with Crippen LogP contribution in [0.25, 0.3) is 0 Å². The SMILES string of the molecule is O=C(CSc1ccc(S(=O)(=O)N2CCOCC2)cn1)Nc1ccc(Cl)c(C(F)(F)F)c1. The van der Waals surface area contributed by atoms with E-state index in [4.69, 9.17) is 16.3 Å². The highest BCUT2D eigenvalue weighted by Gasteiger charge is 2.33. The number of hydrogen-bond donors (Lipinski definition) is 1. The lowest BCUT2D eigenvalue weighted by Gasteiger charge is -2.25. The van der Waals surface area contributed by atoms with Gasteiger partial charge in [-0.1, -0.05) is 23.4 Å². The maximum atomic E-state index is 12.9. The molecule has 0 radical (unpaired) electrons. The fourth-order valence-electron chi connectivity index (χ4n) is 2.70. The van der Waals surface area contributed by atoms with E-state index in [0.717, 1.165) is 23.9 Å². The number of rotatable bonds is 6. The summed E-state index contributed by atoms with van der Waals surface area (Å²) in [5, 5.41) is 2.30. The molecule has 3 rings (SSSR count). The van der Waals surface area contributed by atoms with Crippen molar-refractivity contribution in [2.45, 2.75) is 16.1 Å². The zero-order valence-electron chi connectivity index (χ0n) is 15.9. The molecule has 0 spiro atoms. The number of anilines is 1. The number of carbonyl (C=O) groups excluding carboxylic acids is 1. The fraction of sp³-hybridized carbons (Fsp3) is 0.333. The van der Waals surface area contributed by atoms with Gasteiger partial charge in [-0.3, -0.25) is 4.79 Å². The van der Waals surface area contributed by atoms with E-state index < -0.39 is 32.7 Å². The highest BCUT2D eigenvalue weighted by Crippen LogP contribution is 2.36. The maximum Gasteiger partial charge on any atom is 0.417 e. The average Bonchev–Trinajstić information content (AvgIpc) is 2.74. The van der Waals surface area contributed by atoms with E-state index in [9.17, 15) is 26.4 Å². The van der Waals surface area contributed by atoms with Gasteiger partial charge in [0, 0.05) is 25.0 Å². The van der Waals surface area contributed by atoms with Crippen LogP contribution in [0.3, 0.4) is 0 Å². The minimum atomic E-state index is -4.64. The molecule has 13 heteroatoms. The summed E-state index contributed by atoms with van der Waals surface area (Å²) in [6.07, 6.45) is -3.43. The van der Waals surface area contributed by atoms with E-state index in [1.54, 1.807) is 0 Å². The van der Waals surface area contributed by atoms with Gasteiger partial charge in [0.1, 0.15) is 4.90 Å². The number of ether oxygens (including phenoxy) is 1. The monoisotopic (exact) mass is 495 g/mol. The lowest BCUT2D eigenvalue weighted by atomic mass is 10.2. The molecule has 0 unspecified atom stereocenters. The predicted octanol–water partition coefficient (Wildman–Crippen LogP) is 3.51. The van der Waals surface area contributed by atoms with Gasteiger partial charge in [0.15, 0.2) is 0 Å². The molecular formula is C18H17ClF3N3O4S2. The molecule has 1 aliphatic heterocycles. The topological polar surface area (TPSA) is 88.6 Å². The highest BCUT2D eigenvalue weighted by molar-refractivity contribution is 7.99. The van der Waals surface area contributed by atoms with Crippen LogP contribution in [-0.4, -0.2) is 55.7 Å². The number of sulfonamides is 1. The maximum absolute atomic E-state index is 12.9. The summed E-state index contributed by atoms with van der Waals surface area (Å²) in [6, 6.07) is 5.95. The van der Waals surface area contributed by atoms with Gasteiger partial charge in [-0.2, -0.15) is 17.5 Å². The summed E-state index contributed by atoms with van der Waals surface area (Å²) >= 11 is 6.57. The molecule has 31 heavy (non-hydrogen) atoms. The minimum absolute atomic E-state index is 0.0315. The smallest absolute Gasteiger partial charge is 0.379 e. The lowest BCUT2D eigenvalue weighted by Crippen LogP contribution is -2.40. The van der Waals surface area contributed by atoms with Gasteiger partial charge in [0.05, 0.1) is 34.6 Å². The van der Waals surface area contributed by atoms with Crippen molar-refractivity contribution in [1.29, 1.82) is 0 Å². The molecule has 1 aromatic carbocycles. The Morgan fingerprint density at radius 2 is 1.94 bits per heavy atom. The number of aromatic nitrogens is 1. The third kappa shape index (κ3) is 6.10. The van der Waals surface area contributed by atoms with E-state index in [-0.39, 0.29) is 29.4 Å². The molecule has 0 atom stereocenters. The van der Waals surface area contributed by atoms with Crippen molar-refractivity contribution in [3.63, 3.8) is 0 Å². The molecule has 2 aromatic rings. The lowest BCUT2D eigenvalue weighted by molar-refractivity contribution is -0.137. The van der Waals surface area contributed by atoms with Gasteiger partial charge >= 0.3 is 6.18 Å². The molecule has 1 fully saturated rings. The van der Waals surface area contributed by atoms with Gasteiger partial charge in [-0.25, -0.2) is 13.4 Å². The summed E-state index contributed by atoms with van der Waals surface area (Å²) in [5.74, 6) is -0.681. The van der Waals surface area contributed by atoms with Crippen molar-refractivity contribution >= 4 is 45.0 Å². The Bertz CT molecular complexity index is 1040. The minimum Gasteiger partial charge on any atom is -0.379 e. The summed E-state index contributed by atoms with van der Waals surface area (Å²) in [4.78, 5) is 16.2. The van der Waals surface area contributed by atoms with Crippen LogP contribution in [0, 0.1) is 0 Å². The number of thioether (sulfide) groups is 1. The second-order valence-corrected chi connectivity index (χ2v) is 9.72. The van der Waals surface area contributed by atoms with E-state index in [2.05, 4.69) is 10.3 Å². The van der Waals surface area contributed by atoms with E-state index >= 15 is 0 Å². The van der Waals surface area contributed by atoms with Crippen molar-refractivity contribution in [3.8, 4) is 0 Å². The summed E-state index contributed by atoms with van der Waals surface area (Å²) < 4.78 is 70.3. The molecule has 168 valence electrons. The number of halogens is 4. The number of nitrogens with zero attached hydrogens (tertiary/aromatic N) is 2. The molecule has 1 N–H and O–H groups in total. The van der Waals surface area contributed by atoms with Gasteiger partial charge in [0.2, 0.25) is 15.9 Å². The van der Waals surface area contributed by atoms with Crippen LogP contribution in [0.2, 0.25) is 5.02 Å². The molecule has 2 heterocycles. The Balaban J connectivity index is 1.58. The number of nitrogens with one attached hydrogen (secondary N) is 1. The Morgan fingerprint density at radius 3 is 2.55 bits per heavy atom. The van der Waals surface area contributed by atoms with Crippen molar-refractivity contribution < 1.29 is 31.1 Å². The van der Waals surface area contributed by atoms with Gasteiger partial charge < -0.3 is 10.1 Å². The first-order valence-electron chi connectivity index (χ1n) is 8.91. The van der Waals surface area contributed by atoms with E-state index in [1.165, 1.54) is 28.7 Å². The molecule has 1 aliphatic rings. The number of alkyl halides is 3. The second kappa shape index (κ2) is 9.74. The molecule has 0 aliphatic carbocycles. The van der Waals surface area contributed by atoms with Crippen LogP contribution >= 0.6 is 23.4 Å². The first kappa shape index (κ1) is 23.8. The summed E-state index contributed by atoms with van der Waals surface area (Å²) in [7, 11) is -3.67. The number of carbonyl (C=O) groups is 1. The number of benzene rings is 1. The van der Waals surface area contributed by atoms with Crippen LogP contribution < -0.4 is 5.32 Å². The van der Waals surface area contributed by atoms with Crippen LogP contribution in [0.1, 0.15) is 5.56 Å². The van der Waals surface area contributed by atoms with Crippen LogP contribution in [0.4, 0.5) is 18.9 Å². The summed E-state index contributed by atoms with van der Waals surface area (Å²) in [6.45, 7) is 1.18. The standard InChI is InChI=1S/C18H17ClF3N3O4S2/c19-15-3-1-12(9-14(15)18(20,21)22)24-16(26)11-30-17-4-2-13(10-23-17)31(27,28)25-5-7-29-8-6-25/h1-4,9-10H,5-8,11H2,(H,24,26). The fourth-order valence-corrected chi connectivity index (χ4v) is 4.92. The number of amides is 1. The van der Waals surface area contributed by atoms with Crippen molar-refractivity contribution in [2.75, 3.05) is 37.4 Å². The first-order chi connectivity index (χ1) is 14.6. The molecular weight excluding hydrogens is 479 g/mol. The normalized spacial score (nSPS) is 15.6. The van der Waals surface area contributed by atoms with Gasteiger partial charge in [-0.15, -0.1) is 0 Å². The number of morpholine rings is 1. The van der Waals surface area contributed by atoms with Gasteiger partial charge in [-0.05, 0) is 30.3 Å². The zero-order chi connectivity index (χ0) is 22.6. The van der Waals surface area contributed by atoms with E-state index in [0.29, 0.717) is 18.2 Å². The molecule has 1 saturated heterocycles. The van der Waals surface area contributed by atoms with Crippen molar-refractivity contribution in [1.82, 2.24) is 9.29 Å². The van der Waals surface area contributed by atoms with Crippen LogP contribution in [-0.2, 0) is 25.7 Å². The van der Waals surface area contributed by atoms with Gasteiger partial charge in [0.25, 0.3) is 0 Å². The zero-order valence-corrected chi connectivity index (χ0v) is 18.2. The van der Waals surface area contributed by atoms with E-state index in [1.807, 2.05) is 0 Å². The third-order valence-electron chi connectivity index (χ3n) is 4.22. The highest BCUT2D eigenvalue weighted by atomic mass is 35.5. The number of hydrogen-bond acceptors (Lipinski definition) is 6. The second-order valence-electron chi connectivity index (χ2n) is 6.38. The molecule has 0 bridgehead atoms. The Hall–Kier alpha value is -1.86. The predicted molar refractivity (Wildman–Crippen MR) is 110 cm³/mol. The Labute approximate surface area is 186 Å².